The molecule has 1 fully saturated rings. The number of carbonyl (C=O) groups is 1. The highest BCUT2D eigenvalue weighted by atomic mass is 16.5. The van der Waals surface area contributed by atoms with Gasteiger partial charge in [0.05, 0.1) is 25.3 Å². The van der Waals surface area contributed by atoms with E-state index in [0.717, 1.165) is 33.9 Å². The van der Waals surface area contributed by atoms with Crippen molar-refractivity contribution < 1.29 is 14.3 Å². The van der Waals surface area contributed by atoms with Crippen molar-refractivity contribution in [1.82, 2.24) is 14.5 Å². The predicted molar refractivity (Wildman–Crippen MR) is 128 cm³/mol. The van der Waals surface area contributed by atoms with E-state index in [0.29, 0.717) is 26.1 Å². The van der Waals surface area contributed by atoms with E-state index >= 15 is 0 Å². The van der Waals surface area contributed by atoms with Gasteiger partial charge in [0.15, 0.2) is 0 Å². The molecule has 0 spiro atoms. The highest BCUT2D eigenvalue weighted by Gasteiger charge is 2.34. The molecule has 1 aliphatic rings. The van der Waals surface area contributed by atoms with E-state index in [1.807, 2.05) is 59.5 Å². The number of carbonyl (C=O) groups excluding carboxylic acids is 1. The first kappa shape index (κ1) is 21.1. The largest absolute Gasteiger partial charge is 0.497 e. The van der Waals surface area contributed by atoms with E-state index in [-0.39, 0.29) is 11.8 Å². The lowest BCUT2D eigenvalue weighted by Gasteiger charge is -2.18. The van der Waals surface area contributed by atoms with Crippen LogP contribution in [0.15, 0.2) is 72.8 Å². The predicted octanol–water partition coefficient (Wildman–Crippen LogP) is 4.62. The first-order valence-electron chi connectivity index (χ1n) is 11.1. The maximum atomic E-state index is 12.9. The van der Waals surface area contributed by atoms with Crippen LogP contribution in [-0.2, 0) is 17.9 Å². The number of ether oxygens (including phenoxy) is 2. The minimum absolute atomic E-state index is 0.0568. The fourth-order valence-electron chi connectivity index (χ4n) is 4.53. The summed E-state index contributed by atoms with van der Waals surface area (Å²) in [6.07, 6.45) is 0.474. The first-order chi connectivity index (χ1) is 16.1. The van der Waals surface area contributed by atoms with Crippen molar-refractivity contribution in [3.05, 3.63) is 89.7 Å². The number of hydrogen-bond donors (Lipinski definition) is 0. The number of benzene rings is 3. The molecule has 1 amide bonds. The van der Waals surface area contributed by atoms with Gasteiger partial charge in [0.25, 0.3) is 0 Å². The Bertz CT molecular complexity index is 1260. The third-order valence-corrected chi connectivity index (χ3v) is 6.30. The molecule has 3 aromatic carbocycles. The molecule has 6 nitrogen and oxygen atoms in total. The lowest BCUT2D eigenvalue weighted by atomic mass is 10.1. The van der Waals surface area contributed by atoms with Crippen molar-refractivity contribution in [2.75, 3.05) is 20.8 Å². The van der Waals surface area contributed by atoms with E-state index in [1.165, 1.54) is 5.56 Å². The van der Waals surface area contributed by atoms with Crippen LogP contribution in [0, 0.1) is 0 Å². The maximum absolute atomic E-state index is 12.9. The van der Waals surface area contributed by atoms with Gasteiger partial charge in [-0.25, -0.2) is 4.98 Å². The van der Waals surface area contributed by atoms with Gasteiger partial charge in [0.1, 0.15) is 17.3 Å². The minimum atomic E-state index is 0.0568. The Morgan fingerprint density at radius 1 is 0.848 bits per heavy atom. The highest BCUT2D eigenvalue weighted by molar-refractivity contribution is 5.81. The molecule has 168 valence electrons. The number of hydrogen-bond acceptors (Lipinski definition) is 4. The highest BCUT2D eigenvalue weighted by Crippen LogP contribution is 2.32. The molecule has 0 saturated carbocycles. The van der Waals surface area contributed by atoms with Gasteiger partial charge in [-0.2, -0.15) is 0 Å². The van der Waals surface area contributed by atoms with Gasteiger partial charge in [-0.15, -0.1) is 0 Å². The van der Waals surface area contributed by atoms with Crippen LogP contribution in [0.3, 0.4) is 0 Å². The van der Waals surface area contributed by atoms with E-state index in [9.17, 15) is 4.79 Å². The van der Waals surface area contributed by atoms with Gasteiger partial charge in [0.2, 0.25) is 5.91 Å². The average Bonchev–Trinajstić information content (AvgIpc) is 3.40. The van der Waals surface area contributed by atoms with Crippen LogP contribution in [-0.4, -0.2) is 41.1 Å². The molecule has 33 heavy (non-hydrogen) atoms. The lowest BCUT2D eigenvalue weighted by molar-refractivity contribution is -0.128. The molecule has 0 aliphatic carbocycles. The quantitative estimate of drug-likeness (QED) is 0.420. The normalized spacial score (nSPS) is 15.9. The van der Waals surface area contributed by atoms with Gasteiger partial charge in [-0.3, -0.25) is 4.79 Å². The fourth-order valence-corrected chi connectivity index (χ4v) is 4.53. The van der Waals surface area contributed by atoms with Crippen LogP contribution in [0.25, 0.3) is 11.0 Å². The zero-order valence-corrected chi connectivity index (χ0v) is 18.9. The van der Waals surface area contributed by atoms with Crippen molar-refractivity contribution in [3.8, 4) is 11.5 Å². The number of amides is 1. The SMILES string of the molecule is COc1ccc(CN2CC(c3nc4ccccc4n3Cc3ccc(OC)cc3)CC2=O)cc1. The van der Waals surface area contributed by atoms with Gasteiger partial charge >= 0.3 is 0 Å². The van der Waals surface area contributed by atoms with Gasteiger partial charge in [-0.1, -0.05) is 36.4 Å². The number of aromatic nitrogens is 2. The summed E-state index contributed by atoms with van der Waals surface area (Å²) in [5, 5.41) is 0. The van der Waals surface area contributed by atoms with Crippen molar-refractivity contribution in [2.24, 2.45) is 0 Å². The second-order valence-electron chi connectivity index (χ2n) is 8.42. The zero-order valence-electron chi connectivity index (χ0n) is 18.9. The molecule has 2 heterocycles. The van der Waals surface area contributed by atoms with Crippen molar-refractivity contribution >= 4 is 16.9 Å². The lowest BCUT2D eigenvalue weighted by Crippen LogP contribution is -2.24. The molecule has 1 unspecified atom stereocenters. The van der Waals surface area contributed by atoms with Crippen molar-refractivity contribution in [2.45, 2.75) is 25.4 Å². The van der Waals surface area contributed by atoms with E-state index < -0.39 is 0 Å². The van der Waals surface area contributed by atoms with Crippen molar-refractivity contribution in [1.29, 1.82) is 0 Å². The summed E-state index contributed by atoms with van der Waals surface area (Å²) in [4.78, 5) is 19.8. The molecular formula is C27H27N3O3. The van der Waals surface area contributed by atoms with E-state index in [4.69, 9.17) is 14.5 Å². The Hall–Kier alpha value is -3.80. The summed E-state index contributed by atoms with van der Waals surface area (Å²) in [6, 6.07) is 24.2. The summed E-state index contributed by atoms with van der Waals surface area (Å²) in [6.45, 7) is 1.96. The third-order valence-electron chi connectivity index (χ3n) is 6.30. The molecule has 1 saturated heterocycles. The Balaban J connectivity index is 1.41. The van der Waals surface area contributed by atoms with Gasteiger partial charge in [0, 0.05) is 32.0 Å². The number of fused-ring (bicyclic) bond motifs is 1. The van der Waals surface area contributed by atoms with Crippen LogP contribution >= 0.6 is 0 Å². The minimum Gasteiger partial charge on any atom is -0.497 e. The second kappa shape index (κ2) is 8.98. The van der Waals surface area contributed by atoms with Crippen LogP contribution in [0.4, 0.5) is 0 Å². The van der Waals surface area contributed by atoms with Gasteiger partial charge in [-0.05, 0) is 47.5 Å². The molecule has 5 rings (SSSR count). The Morgan fingerprint density at radius 3 is 2.09 bits per heavy atom. The number of methoxy groups -OCH3 is 2. The molecule has 0 N–H and O–H groups in total. The Morgan fingerprint density at radius 2 is 1.45 bits per heavy atom. The third kappa shape index (κ3) is 4.29. The molecule has 4 aromatic rings. The summed E-state index contributed by atoms with van der Waals surface area (Å²) >= 11 is 0. The topological polar surface area (TPSA) is 56.6 Å². The van der Waals surface area contributed by atoms with Crippen LogP contribution in [0.2, 0.25) is 0 Å². The molecule has 0 radical (unpaired) electrons. The average molecular weight is 442 g/mol. The number of likely N-dealkylation sites (tertiary alicyclic amines) is 1. The van der Waals surface area contributed by atoms with Crippen LogP contribution in [0.1, 0.15) is 29.3 Å². The number of para-hydroxylation sites is 2. The van der Waals surface area contributed by atoms with Crippen molar-refractivity contribution in [3.63, 3.8) is 0 Å². The first-order valence-corrected chi connectivity index (χ1v) is 11.1. The number of rotatable bonds is 7. The second-order valence-corrected chi connectivity index (χ2v) is 8.42. The smallest absolute Gasteiger partial charge is 0.223 e. The number of imidazole rings is 1. The monoisotopic (exact) mass is 441 g/mol. The fraction of sp³-hybridized carbons (Fsp3) is 0.259. The van der Waals surface area contributed by atoms with Gasteiger partial charge < -0.3 is 18.9 Å². The molecular weight excluding hydrogens is 414 g/mol. The Kier molecular flexibility index (Phi) is 5.73. The van der Waals surface area contributed by atoms with E-state index in [2.05, 4.69) is 22.8 Å². The number of nitrogens with zero attached hydrogens (tertiary/aromatic N) is 3. The molecule has 0 bridgehead atoms. The molecule has 1 atom stereocenters. The summed E-state index contributed by atoms with van der Waals surface area (Å²) < 4.78 is 12.8. The summed E-state index contributed by atoms with van der Waals surface area (Å²) in [5.74, 6) is 2.85. The van der Waals surface area contributed by atoms with E-state index in [1.54, 1.807) is 14.2 Å². The maximum Gasteiger partial charge on any atom is 0.223 e. The Labute approximate surface area is 193 Å². The van der Waals surface area contributed by atoms with Crippen LogP contribution in [0.5, 0.6) is 11.5 Å². The van der Waals surface area contributed by atoms with Crippen LogP contribution < -0.4 is 9.47 Å². The summed E-state index contributed by atoms with van der Waals surface area (Å²) in [5.41, 5.74) is 4.31. The molecule has 1 aromatic heterocycles. The summed E-state index contributed by atoms with van der Waals surface area (Å²) in [7, 11) is 3.33. The standard InChI is InChI=1S/C27H27N3O3/c1-32-22-11-7-19(8-12-22)16-29-18-21(15-26(29)31)27-28-24-5-3-4-6-25(24)30(27)17-20-9-13-23(33-2)14-10-20/h3-14,21H,15-18H2,1-2H3. The molecule has 1 aliphatic heterocycles. The molecule has 6 heteroatoms. The zero-order chi connectivity index (χ0) is 22.8.